The van der Waals surface area contributed by atoms with E-state index in [1.54, 1.807) is 0 Å². The molecule has 0 atom stereocenters. The molecule has 2 rings (SSSR count). The molecular weight excluding hydrogens is 200 g/mol. The molecule has 1 aliphatic rings. The Hall–Kier alpha value is -1.56. The average Bonchev–Trinajstić information content (AvgIpc) is 2.87. The summed E-state index contributed by atoms with van der Waals surface area (Å²) in [5.74, 6) is 0.184. The normalized spacial score (nSPS) is 16.8. The first-order valence-electron chi connectivity index (χ1n) is 5.75. The van der Waals surface area contributed by atoms with E-state index in [0.29, 0.717) is 12.8 Å². The van der Waals surface area contributed by atoms with Crippen LogP contribution < -0.4 is 0 Å². The first kappa shape index (κ1) is 10.9. The zero-order chi connectivity index (χ0) is 11.6. The fourth-order valence-electron chi connectivity index (χ4n) is 2.03. The van der Waals surface area contributed by atoms with Crippen LogP contribution >= 0.6 is 0 Å². The zero-order valence-electron chi connectivity index (χ0n) is 9.57. The van der Waals surface area contributed by atoms with E-state index in [1.807, 2.05) is 30.0 Å². The summed E-state index contributed by atoms with van der Waals surface area (Å²) in [5.41, 5.74) is 0.982. The molecule has 1 heterocycles. The Balaban J connectivity index is 2.04. The van der Waals surface area contributed by atoms with Crippen molar-refractivity contribution in [2.45, 2.75) is 39.2 Å². The van der Waals surface area contributed by atoms with E-state index in [9.17, 15) is 4.79 Å². The number of aromatic nitrogens is 1. The van der Waals surface area contributed by atoms with Crippen LogP contribution in [0, 0.1) is 16.7 Å². The van der Waals surface area contributed by atoms with Gasteiger partial charge >= 0.3 is 0 Å². The Morgan fingerprint density at radius 2 is 2.38 bits per heavy atom. The van der Waals surface area contributed by atoms with Crippen molar-refractivity contribution < 1.29 is 4.79 Å². The fourth-order valence-corrected chi connectivity index (χ4v) is 2.03. The summed E-state index contributed by atoms with van der Waals surface area (Å²) < 4.78 is 2.05. The van der Waals surface area contributed by atoms with Gasteiger partial charge < -0.3 is 4.57 Å². The van der Waals surface area contributed by atoms with E-state index in [1.165, 1.54) is 0 Å². The number of ketones is 1. The van der Waals surface area contributed by atoms with Crippen molar-refractivity contribution >= 4 is 5.78 Å². The van der Waals surface area contributed by atoms with Crippen molar-refractivity contribution in [3.8, 4) is 6.07 Å². The van der Waals surface area contributed by atoms with E-state index in [2.05, 4.69) is 6.07 Å². The van der Waals surface area contributed by atoms with Crippen LogP contribution in [0.5, 0.6) is 0 Å². The van der Waals surface area contributed by atoms with Crippen LogP contribution in [0.1, 0.15) is 43.0 Å². The van der Waals surface area contributed by atoms with E-state index in [0.717, 1.165) is 24.9 Å². The molecule has 0 radical (unpaired) electrons. The lowest BCUT2D eigenvalue weighted by Gasteiger charge is -2.11. The summed E-state index contributed by atoms with van der Waals surface area (Å²) >= 11 is 0. The van der Waals surface area contributed by atoms with Crippen molar-refractivity contribution in [3.63, 3.8) is 0 Å². The maximum atomic E-state index is 11.5. The van der Waals surface area contributed by atoms with Gasteiger partial charge in [0.05, 0.1) is 6.07 Å². The molecular formula is C13H16N2O. The molecule has 0 spiro atoms. The lowest BCUT2D eigenvalue weighted by atomic mass is 10.0. The SMILES string of the molecule is CCC(=O)c1ccn(CC2(CC#N)CC2)c1. The summed E-state index contributed by atoms with van der Waals surface area (Å²) in [6.45, 7) is 2.75. The van der Waals surface area contributed by atoms with Crippen molar-refractivity contribution in [3.05, 3.63) is 24.0 Å². The number of hydrogen-bond donors (Lipinski definition) is 0. The van der Waals surface area contributed by atoms with Gasteiger partial charge in [-0.05, 0) is 18.9 Å². The number of carbonyl (C=O) groups excluding carboxylic acids is 1. The second kappa shape index (κ2) is 4.13. The molecule has 0 aliphatic heterocycles. The second-order valence-corrected chi connectivity index (χ2v) is 4.68. The molecule has 0 saturated heterocycles. The first-order chi connectivity index (χ1) is 7.69. The van der Waals surface area contributed by atoms with Gasteiger partial charge in [-0.3, -0.25) is 4.79 Å². The molecule has 0 unspecified atom stereocenters. The number of Topliss-reactive ketones (excluding diaryl/α,β-unsaturated/α-hetero) is 1. The van der Waals surface area contributed by atoms with Crippen molar-refractivity contribution in [1.29, 1.82) is 5.26 Å². The number of nitriles is 1. The van der Waals surface area contributed by atoms with Gasteiger partial charge in [0, 0.05) is 42.8 Å². The van der Waals surface area contributed by atoms with Crippen molar-refractivity contribution in [2.75, 3.05) is 0 Å². The van der Waals surface area contributed by atoms with Crippen molar-refractivity contribution in [2.24, 2.45) is 5.41 Å². The van der Waals surface area contributed by atoms with Gasteiger partial charge in [0.2, 0.25) is 0 Å². The van der Waals surface area contributed by atoms with Crippen molar-refractivity contribution in [1.82, 2.24) is 4.57 Å². The van der Waals surface area contributed by atoms with Gasteiger partial charge in [0.15, 0.2) is 5.78 Å². The summed E-state index contributed by atoms with van der Waals surface area (Å²) in [6.07, 6.45) is 7.30. The third-order valence-electron chi connectivity index (χ3n) is 3.32. The topological polar surface area (TPSA) is 45.8 Å². The smallest absolute Gasteiger partial charge is 0.164 e. The van der Waals surface area contributed by atoms with Gasteiger partial charge in [-0.1, -0.05) is 6.92 Å². The minimum atomic E-state index is 0.184. The van der Waals surface area contributed by atoms with Gasteiger partial charge in [0.25, 0.3) is 0 Å². The molecule has 3 heteroatoms. The Morgan fingerprint density at radius 1 is 1.62 bits per heavy atom. The summed E-state index contributed by atoms with van der Waals surface area (Å²) in [7, 11) is 0. The summed E-state index contributed by atoms with van der Waals surface area (Å²) in [4.78, 5) is 11.5. The highest BCUT2D eigenvalue weighted by Crippen LogP contribution is 2.49. The predicted molar refractivity (Wildman–Crippen MR) is 61.0 cm³/mol. The van der Waals surface area contributed by atoms with Crippen LogP contribution in [0.4, 0.5) is 0 Å². The summed E-state index contributed by atoms with van der Waals surface area (Å²) in [6, 6.07) is 4.12. The molecule has 3 nitrogen and oxygen atoms in total. The van der Waals surface area contributed by atoms with Crippen LogP contribution in [-0.4, -0.2) is 10.4 Å². The first-order valence-corrected chi connectivity index (χ1v) is 5.75. The largest absolute Gasteiger partial charge is 0.353 e. The monoisotopic (exact) mass is 216 g/mol. The molecule has 1 saturated carbocycles. The van der Waals surface area contributed by atoms with Gasteiger partial charge in [-0.2, -0.15) is 5.26 Å². The predicted octanol–water partition coefficient (Wildman–Crippen LogP) is 2.77. The number of rotatable bonds is 5. The Labute approximate surface area is 95.7 Å². The molecule has 84 valence electrons. The fraction of sp³-hybridized carbons (Fsp3) is 0.538. The number of hydrogen-bond acceptors (Lipinski definition) is 2. The highest BCUT2D eigenvalue weighted by Gasteiger charge is 2.42. The standard InChI is InChI=1S/C13H16N2O/c1-2-12(16)11-3-8-15(9-11)10-13(4-5-13)6-7-14/h3,8-9H,2,4-6,10H2,1H3. The highest BCUT2D eigenvalue weighted by molar-refractivity contribution is 5.95. The van der Waals surface area contributed by atoms with Crippen LogP contribution in [0.25, 0.3) is 0 Å². The molecule has 1 fully saturated rings. The second-order valence-electron chi connectivity index (χ2n) is 4.68. The molecule has 1 aliphatic carbocycles. The number of nitrogens with zero attached hydrogens (tertiary/aromatic N) is 2. The van der Waals surface area contributed by atoms with E-state index in [4.69, 9.17) is 5.26 Å². The van der Waals surface area contributed by atoms with Crippen LogP contribution in [-0.2, 0) is 6.54 Å². The zero-order valence-corrected chi connectivity index (χ0v) is 9.57. The molecule has 16 heavy (non-hydrogen) atoms. The summed E-state index contributed by atoms with van der Waals surface area (Å²) in [5, 5.41) is 8.74. The Bertz CT molecular complexity index is 435. The van der Waals surface area contributed by atoms with Crippen LogP contribution in [0.3, 0.4) is 0 Å². The molecule has 1 aromatic rings. The molecule has 1 aromatic heterocycles. The van der Waals surface area contributed by atoms with Crippen LogP contribution in [0.15, 0.2) is 18.5 Å². The third kappa shape index (κ3) is 2.16. The quantitative estimate of drug-likeness (QED) is 0.710. The molecule has 0 amide bonds. The maximum Gasteiger partial charge on any atom is 0.164 e. The van der Waals surface area contributed by atoms with Gasteiger partial charge in [0.1, 0.15) is 0 Å². The van der Waals surface area contributed by atoms with E-state index >= 15 is 0 Å². The average molecular weight is 216 g/mol. The highest BCUT2D eigenvalue weighted by atomic mass is 16.1. The molecule has 0 bridgehead atoms. The lowest BCUT2D eigenvalue weighted by molar-refractivity contribution is 0.0988. The Morgan fingerprint density at radius 3 is 2.94 bits per heavy atom. The van der Waals surface area contributed by atoms with Crippen LogP contribution in [0.2, 0.25) is 0 Å². The van der Waals surface area contributed by atoms with E-state index in [-0.39, 0.29) is 11.2 Å². The molecule has 0 aromatic carbocycles. The molecule has 0 N–H and O–H groups in total. The Kier molecular flexibility index (Phi) is 2.82. The minimum absolute atomic E-state index is 0.184. The third-order valence-corrected chi connectivity index (χ3v) is 3.32. The minimum Gasteiger partial charge on any atom is -0.353 e. The van der Waals surface area contributed by atoms with Gasteiger partial charge in [-0.25, -0.2) is 0 Å². The number of carbonyl (C=O) groups is 1. The lowest BCUT2D eigenvalue weighted by Crippen LogP contribution is -2.09. The van der Waals surface area contributed by atoms with Gasteiger partial charge in [-0.15, -0.1) is 0 Å². The van der Waals surface area contributed by atoms with E-state index < -0.39 is 0 Å². The maximum absolute atomic E-state index is 11.5.